The third-order valence-corrected chi connectivity index (χ3v) is 4.19. The van der Waals surface area contributed by atoms with Gasteiger partial charge < -0.3 is 9.84 Å². The van der Waals surface area contributed by atoms with Gasteiger partial charge in [-0.15, -0.1) is 0 Å². The summed E-state index contributed by atoms with van der Waals surface area (Å²) in [6.45, 7) is 4.58. The molecule has 0 aliphatic carbocycles. The average molecular weight is 276 g/mol. The van der Waals surface area contributed by atoms with E-state index in [-0.39, 0.29) is 6.04 Å². The van der Waals surface area contributed by atoms with Gasteiger partial charge in [-0.05, 0) is 17.5 Å². The molecular weight excluding hydrogens is 256 g/mol. The van der Waals surface area contributed by atoms with Crippen LogP contribution in [0.15, 0.2) is 24.3 Å². The molecule has 1 atom stereocenters. The summed E-state index contributed by atoms with van der Waals surface area (Å²) in [4.78, 5) is 15.4. The SMILES string of the molecule is O=C(O)N1CCc2ccccc2[C@H]1CN1CCOCC1. The molecule has 1 aromatic rings. The van der Waals surface area contributed by atoms with Gasteiger partial charge in [-0.2, -0.15) is 0 Å². The number of hydrogen-bond donors (Lipinski definition) is 1. The molecule has 2 aliphatic heterocycles. The van der Waals surface area contributed by atoms with Crippen molar-refractivity contribution in [3.63, 3.8) is 0 Å². The molecule has 20 heavy (non-hydrogen) atoms. The smallest absolute Gasteiger partial charge is 0.407 e. The molecule has 0 unspecified atom stereocenters. The lowest BCUT2D eigenvalue weighted by molar-refractivity contribution is 0.0218. The number of benzene rings is 1. The van der Waals surface area contributed by atoms with Crippen LogP contribution in [0.3, 0.4) is 0 Å². The zero-order valence-electron chi connectivity index (χ0n) is 11.5. The maximum atomic E-state index is 11.5. The van der Waals surface area contributed by atoms with Crippen molar-refractivity contribution >= 4 is 6.09 Å². The molecule has 2 heterocycles. The fourth-order valence-electron chi connectivity index (χ4n) is 3.11. The zero-order chi connectivity index (χ0) is 13.9. The second-order valence-corrected chi connectivity index (χ2v) is 5.35. The molecule has 1 amide bonds. The van der Waals surface area contributed by atoms with E-state index in [2.05, 4.69) is 17.0 Å². The molecule has 5 heteroatoms. The maximum absolute atomic E-state index is 11.5. The largest absolute Gasteiger partial charge is 0.465 e. The number of carbonyl (C=O) groups is 1. The van der Waals surface area contributed by atoms with Gasteiger partial charge in [0.05, 0.1) is 19.3 Å². The van der Waals surface area contributed by atoms with Crippen molar-refractivity contribution in [1.29, 1.82) is 0 Å². The molecule has 0 spiro atoms. The first-order chi connectivity index (χ1) is 9.75. The second kappa shape index (κ2) is 5.81. The first-order valence-corrected chi connectivity index (χ1v) is 7.13. The highest BCUT2D eigenvalue weighted by Crippen LogP contribution is 2.30. The number of nitrogens with zero attached hydrogens (tertiary/aromatic N) is 2. The van der Waals surface area contributed by atoms with Gasteiger partial charge in [0.1, 0.15) is 0 Å². The Balaban J connectivity index is 1.84. The Labute approximate surface area is 118 Å². The van der Waals surface area contributed by atoms with Gasteiger partial charge in [0, 0.05) is 26.2 Å². The Morgan fingerprint density at radius 1 is 1.25 bits per heavy atom. The summed E-state index contributed by atoms with van der Waals surface area (Å²) in [5.41, 5.74) is 2.44. The van der Waals surface area contributed by atoms with Crippen LogP contribution in [0.25, 0.3) is 0 Å². The van der Waals surface area contributed by atoms with Gasteiger partial charge >= 0.3 is 6.09 Å². The number of carboxylic acid groups (broad SMARTS) is 1. The fraction of sp³-hybridized carbons (Fsp3) is 0.533. The van der Waals surface area contributed by atoms with Crippen LogP contribution >= 0.6 is 0 Å². The monoisotopic (exact) mass is 276 g/mol. The minimum absolute atomic E-state index is 0.0597. The number of morpholine rings is 1. The molecule has 0 aromatic heterocycles. The summed E-state index contributed by atoms with van der Waals surface area (Å²) in [5.74, 6) is 0. The summed E-state index contributed by atoms with van der Waals surface area (Å²) >= 11 is 0. The normalized spacial score (nSPS) is 23.4. The van der Waals surface area contributed by atoms with Crippen LogP contribution in [0.2, 0.25) is 0 Å². The predicted octanol–water partition coefficient (Wildman–Crippen LogP) is 1.60. The lowest BCUT2D eigenvalue weighted by Gasteiger charge is -2.39. The number of ether oxygens (including phenoxy) is 1. The van der Waals surface area contributed by atoms with E-state index in [4.69, 9.17) is 4.74 Å². The van der Waals surface area contributed by atoms with Gasteiger partial charge in [0.15, 0.2) is 0 Å². The number of amides is 1. The number of rotatable bonds is 2. The molecule has 5 nitrogen and oxygen atoms in total. The minimum atomic E-state index is -0.822. The zero-order valence-corrected chi connectivity index (χ0v) is 11.5. The molecule has 1 aromatic carbocycles. The summed E-state index contributed by atoms with van der Waals surface area (Å²) in [5, 5.41) is 9.45. The van der Waals surface area contributed by atoms with Crippen molar-refractivity contribution in [2.24, 2.45) is 0 Å². The van der Waals surface area contributed by atoms with E-state index in [0.29, 0.717) is 6.54 Å². The Hall–Kier alpha value is -1.59. The topological polar surface area (TPSA) is 53.0 Å². The minimum Gasteiger partial charge on any atom is -0.465 e. The van der Waals surface area contributed by atoms with Crippen molar-refractivity contribution in [1.82, 2.24) is 9.80 Å². The molecule has 2 aliphatic rings. The van der Waals surface area contributed by atoms with E-state index < -0.39 is 6.09 Å². The maximum Gasteiger partial charge on any atom is 0.407 e. The second-order valence-electron chi connectivity index (χ2n) is 5.35. The molecule has 108 valence electrons. The predicted molar refractivity (Wildman–Crippen MR) is 74.9 cm³/mol. The van der Waals surface area contributed by atoms with E-state index in [1.807, 2.05) is 12.1 Å². The third kappa shape index (κ3) is 2.64. The van der Waals surface area contributed by atoms with Gasteiger partial charge in [-0.25, -0.2) is 4.79 Å². The molecule has 1 fully saturated rings. The van der Waals surface area contributed by atoms with Gasteiger partial charge in [0.2, 0.25) is 0 Å². The number of hydrogen-bond acceptors (Lipinski definition) is 3. The average Bonchev–Trinajstić information content (AvgIpc) is 2.48. The first-order valence-electron chi connectivity index (χ1n) is 7.13. The fourth-order valence-corrected chi connectivity index (χ4v) is 3.11. The van der Waals surface area contributed by atoms with Crippen LogP contribution in [0.5, 0.6) is 0 Å². The summed E-state index contributed by atoms with van der Waals surface area (Å²) < 4.78 is 5.36. The van der Waals surface area contributed by atoms with Crippen LogP contribution < -0.4 is 0 Å². The Morgan fingerprint density at radius 2 is 2.00 bits per heavy atom. The van der Waals surface area contributed by atoms with Crippen LogP contribution in [-0.4, -0.2) is 60.4 Å². The van der Waals surface area contributed by atoms with Crippen LogP contribution in [0.1, 0.15) is 17.2 Å². The van der Waals surface area contributed by atoms with E-state index in [1.54, 1.807) is 4.90 Å². The van der Waals surface area contributed by atoms with Crippen molar-refractivity contribution in [3.05, 3.63) is 35.4 Å². The van der Waals surface area contributed by atoms with Crippen molar-refractivity contribution in [2.45, 2.75) is 12.5 Å². The van der Waals surface area contributed by atoms with Gasteiger partial charge in [-0.1, -0.05) is 24.3 Å². The van der Waals surface area contributed by atoms with Crippen molar-refractivity contribution < 1.29 is 14.6 Å². The van der Waals surface area contributed by atoms with Gasteiger partial charge in [-0.3, -0.25) is 9.80 Å². The molecule has 0 saturated carbocycles. The van der Waals surface area contributed by atoms with E-state index in [9.17, 15) is 9.90 Å². The Bertz CT molecular complexity index is 486. The third-order valence-electron chi connectivity index (χ3n) is 4.19. The molecule has 0 radical (unpaired) electrons. The summed E-state index contributed by atoms with van der Waals surface area (Å²) in [6, 6.07) is 8.14. The highest BCUT2D eigenvalue weighted by Gasteiger charge is 2.32. The van der Waals surface area contributed by atoms with E-state index in [0.717, 1.165) is 44.8 Å². The summed E-state index contributed by atoms with van der Waals surface area (Å²) in [7, 11) is 0. The first kappa shape index (κ1) is 13.4. The molecular formula is C15H20N2O3. The molecule has 1 N–H and O–H groups in total. The van der Waals surface area contributed by atoms with Crippen LogP contribution in [0.4, 0.5) is 4.79 Å². The highest BCUT2D eigenvalue weighted by atomic mass is 16.5. The van der Waals surface area contributed by atoms with Crippen LogP contribution in [0, 0.1) is 0 Å². The molecule has 1 saturated heterocycles. The lowest BCUT2D eigenvalue weighted by Crippen LogP contribution is -2.47. The summed E-state index contributed by atoms with van der Waals surface area (Å²) in [6.07, 6.45) is -0.0139. The van der Waals surface area contributed by atoms with Crippen LogP contribution in [-0.2, 0) is 11.2 Å². The van der Waals surface area contributed by atoms with Crippen molar-refractivity contribution in [2.75, 3.05) is 39.4 Å². The van der Waals surface area contributed by atoms with E-state index >= 15 is 0 Å². The quantitative estimate of drug-likeness (QED) is 0.891. The van der Waals surface area contributed by atoms with Crippen molar-refractivity contribution in [3.8, 4) is 0 Å². The highest BCUT2D eigenvalue weighted by molar-refractivity contribution is 5.66. The van der Waals surface area contributed by atoms with E-state index in [1.165, 1.54) is 5.56 Å². The van der Waals surface area contributed by atoms with Gasteiger partial charge in [0.25, 0.3) is 0 Å². The Kier molecular flexibility index (Phi) is 3.89. The number of fused-ring (bicyclic) bond motifs is 1. The Morgan fingerprint density at radius 3 is 2.75 bits per heavy atom. The molecule has 3 rings (SSSR count). The lowest BCUT2D eigenvalue weighted by atomic mass is 9.92. The molecule has 0 bridgehead atoms. The standard InChI is InChI=1S/C15H20N2O3/c18-15(19)17-6-5-12-3-1-2-4-13(12)14(17)11-16-7-9-20-10-8-16/h1-4,14H,5-11H2,(H,18,19)/t14-/m1/s1.